The van der Waals surface area contributed by atoms with Gasteiger partial charge in [0.15, 0.2) is 23.1 Å². The number of ketones is 4. The Balaban J connectivity index is 0.000000148. The average Bonchev–Trinajstić information content (AvgIpc) is 1.64. The molecule has 0 amide bonds. The van der Waals surface area contributed by atoms with E-state index in [0.29, 0.717) is 59.3 Å². The number of carbonyl (C=O) groups is 4. The van der Waals surface area contributed by atoms with Crippen LogP contribution in [-0.4, -0.2) is 202 Å². The maximum Gasteiger partial charge on any atom is 0.417 e. The molecule has 12 aromatic rings. The normalized spacial score (nSPS) is 15.6. The van der Waals surface area contributed by atoms with E-state index >= 15 is 0 Å². The number of aromatic nitrogens is 6. The van der Waals surface area contributed by atoms with E-state index < -0.39 is 23.5 Å². The highest BCUT2D eigenvalue weighted by Gasteiger charge is 2.35. The molecule has 692 valence electrons. The smallest absolute Gasteiger partial charge is 0.417 e. The molecule has 4 aliphatic rings. The van der Waals surface area contributed by atoms with Gasteiger partial charge in [0.1, 0.15) is 46.8 Å². The van der Waals surface area contributed by atoms with E-state index in [-0.39, 0.29) is 45.4 Å². The second-order valence-corrected chi connectivity index (χ2v) is 35.7. The summed E-state index contributed by atoms with van der Waals surface area (Å²) in [5, 5.41) is 5.39. The van der Waals surface area contributed by atoms with Crippen molar-refractivity contribution >= 4 is 125 Å². The first-order valence-corrected chi connectivity index (χ1v) is 46.1. The summed E-state index contributed by atoms with van der Waals surface area (Å²) in [5.41, 5.74) is 8.06. The number of hydrogen-bond donors (Lipinski definition) is 0. The minimum atomic E-state index is -4.46. The molecule has 10 heterocycles. The molecule has 130 heavy (non-hydrogen) atoms. The summed E-state index contributed by atoms with van der Waals surface area (Å²) in [5.74, 6) is 4.76. The minimum absolute atomic E-state index is 0.0120. The van der Waals surface area contributed by atoms with Crippen molar-refractivity contribution < 1.29 is 64.5 Å². The molecule has 4 fully saturated rings. The number of pyridine rings is 2. The number of hydrogen-bond acceptors (Lipinski definition) is 16. The number of likely N-dealkylation sites (tertiary alicyclic amines) is 2. The summed E-state index contributed by atoms with van der Waals surface area (Å²) in [6.07, 6.45) is 9.05. The average molecular weight is 1870 g/mol. The van der Waals surface area contributed by atoms with Crippen molar-refractivity contribution in [3.8, 4) is 23.0 Å². The molecule has 4 saturated heterocycles. The first-order valence-electron chi connectivity index (χ1n) is 44.6. The molecule has 0 bridgehead atoms. The molecule has 0 spiro atoms. The van der Waals surface area contributed by atoms with Crippen LogP contribution in [0.1, 0.15) is 150 Å². The van der Waals surface area contributed by atoms with E-state index in [2.05, 4.69) is 99.1 Å². The van der Waals surface area contributed by atoms with Crippen molar-refractivity contribution in [2.45, 2.75) is 151 Å². The van der Waals surface area contributed by atoms with Crippen LogP contribution in [0.3, 0.4) is 0 Å². The van der Waals surface area contributed by atoms with Crippen molar-refractivity contribution in [3.05, 3.63) is 235 Å². The quantitative estimate of drug-likeness (QED) is 0.0320. The Morgan fingerprint density at radius 3 is 1.17 bits per heavy atom. The molecular formula is C100H114Cl4F6N12O8. The van der Waals surface area contributed by atoms with Crippen LogP contribution in [0, 0.1) is 12.8 Å². The lowest BCUT2D eigenvalue weighted by atomic mass is 10.0. The van der Waals surface area contributed by atoms with Crippen molar-refractivity contribution in [2.75, 3.05) is 129 Å². The number of Topliss-reactive ketones (excluding diaryl/α,β-unsaturated/α-hetero) is 4. The van der Waals surface area contributed by atoms with Crippen LogP contribution in [0.2, 0.25) is 20.1 Å². The third kappa shape index (κ3) is 24.6. The van der Waals surface area contributed by atoms with Crippen LogP contribution in [0.25, 0.3) is 43.6 Å². The fourth-order valence-electron chi connectivity index (χ4n) is 18.2. The standard InChI is InChI=1S/C26H31ClN2O3.C26H31ClN2O2.C24H26ClF3N4O2.C24H26ClF3N4O/c1-18(15-28-12-10-21(11-13-28)32-22-7-4-6-20(27)14-22)16-29-17-24(19(2)30)23-8-5-9-25(31-3)26(23)29;1-3-20-7-4-10-24-25(19(2)30)18-29(26(20)24)14-6-13-28-15-11-22(12-16-28)31-23-9-5-8-21(27)17-23;1-16(33)19-15-32(22-18(19)5-3-6-21(22)34-2)8-4-7-30-9-11-31(12-10-30)23-20(25)13-17(14-29-23)24(26,27)28;1-16-5-3-6-19-20(17(2)33)15-32(22(16)19)8-4-7-30-9-11-31(12-10-30)23-21(25)13-18(14-29-23)24(26,27)28/h4-9,14,17-18,21H,10-13,15-16H2,1-3H3;4-5,7-10,17-18,22H,3,6,11-16H2,1-2H3;3,5-6,13-15H,4,7-12H2,1-2H3;3,5-6,13-15H,4,7-12H2,1-2H3. The molecule has 0 aliphatic carbocycles. The lowest BCUT2D eigenvalue weighted by molar-refractivity contribution is -0.138. The van der Waals surface area contributed by atoms with Gasteiger partial charge in [0.25, 0.3) is 0 Å². The second-order valence-electron chi connectivity index (χ2n) is 34.0. The van der Waals surface area contributed by atoms with Crippen LogP contribution in [0.15, 0.2) is 171 Å². The zero-order valence-corrected chi connectivity index (χ0v) is 78.1. The molecule has 6 aromatic carbocycles. The van der Waals surface area contributed by atoms with Crippen molar-refractivity contribution in [1.82, 2.24) is 47.8 Å². The summed E-state index contributed by atoms with van der Waals surface area (Å²) in [4.78, 5) is 69.9. The monoisotopic (exact) mass is 1860 g/mol. The lowest BCUT2D eigenvalue weighted by Crippen LogP contribution is -2.47. The van der Waals surface area contributed by atoms with Crippen LogP contribution in [0.5, 0.6) is 23.0 Å². The van der Waals surface area contributed by atoms with Gasteiger partial charge < -0.3 is 56.8 Å². The number of halogens is 10. The zero-order valence-electron chi connectivity index (χ0n) is 75.1. The zero-order chi connectivity index (χ0) is 92.7. The Morgan fingerprint density at radius 2 is 0.777 bits per heavy atom. The topological polar surface area (TPSA) is 170 Å². The largest absolute Gasteiger partial charge is 0.495 e. The molecule has 1 unspecified atom stereocenters. The van der Waals surface area contributed by atoms with Crippen LogP contribution >= 0.6 is 46.4 Å². The van der Waals surface area contributed by atoms with Crippen LogP contribution in [0.4, 0.5) is 38.0 Å². The second kappa shape index (κ2) is 44.4. The van der Waals surface area contributed by atoms with Crippen molar-refractivity contribution in [1.29, 1.82) is 0 Å². The molecule has 0 N–H and O–H groups in total. The fourth-order valence-corrected chi connectivity index (χ4v) is 19.1. The van der Waals surface area contributed by atoms with E-state index in [1.807, 2.05) is 125 Å². The molecule has 30 heteroatoms. The Labute approximate surface area is 775 Å². The Morgan fingerprint density at radius 1 is 0.423 bits per heavy atom. The number of piperazine rings is 2. The number of benzene rings is 6. The predicted octanol–water partition coefficient (Wildman–Crippen LogP) is 22.2. The number of piperidine rings is 2. The summed E-state index contributed by atoms with van der Waals surface area (Å²) < 4.78 is 109. The molecule has 0 radical (unpaired) electrons. The Bertz CT molecular complexity index is 5920. The van der Waals surface area contributed by atoms with Gasteiger partial charge in [0, 0.05) is 202 Å². The van der Waals surface area contributed by atoms with E-state index in [0.717, 1.165) is 264 Å². The van der Waals surface area contributed by atoms with Crippen LogP contribution < -0.4 is 28.7 Å². The maximum absolute atomic E-state index is 12.9. The number of ether oxygens (including phenoxy) is 4. The van der Waals surface area contributed by atoms with Gasteiger partial charge in [-0.25, -0.2) is 9.97 Å². The number of fused-ring (bicyclic) bond motifs is 4. The number of aryl methyl sites for hydroxylation is 5. The third-order valence-corrected chi connectivity index (χ3v) is 25.8. The highest BCUT2D eigenvalue weighted by molar-refractivity contribution is 6.33. The minimum Gasteiger partial charge on any atom is -0.495 e. The van der Waals surface area contributed by atoms with Gasteiger partial charge in [0.05, 0.1) is 57.5 Å². The number of rotatable bonds is 29. The van der Waals surface area contributed by atoms with Gasteiger partial charge in [-0.1, -0.05) is 133 Å². The molecule has 20 nitrogen and oxygen atoms in total. The predicted molar refractivity (Wildman–Crippen MR) is 507 cm³/mol. The molecule has 1 atom stereocenters. The summed E-state index contributed by atoms with van der Waals surface area (Å²) in [7, 11) is 3.30. The number of methoxy groups -OCH3 is 2. The highest BCUT2D eigenvalue weighted by Crippen LogP contribution is 2.39. The van der Waals surface area contributed by atoms with Crippen molar-refractivity contribution in [3.63, 3.8) is 0 Å². The number of carbonyl (C=O) groups excluding carboxylic acids is 4. The van der Waals surface area contributed by atoms with E-state index in [9.17, 15) is 45.5 Å². The van der Waals surface area contributed by atoms with E-state index in [4.69, 9.17) is 65.4 Å². The van der Waals surface area contributed by atoms with Gasteiger partial charge in [-0.05, 0) is 183 Å². The first-order chi connectivity index (χ1) is 62.3. The van der Waals surface area contributed by atoms with Gasteiger partial charge >= 0.3 is 12.4 Å². The molecule has 4 aliphatic heterocycles. The van der Waals surface area contributed by atoms with Gasteiger partial charge in [-0.2, -0.15) is 26.3 Å². The SMILES string of the molecule is CC(=O)c1cn(CCCN2CCN(c3ncc(C(F)(F)F)cc3Cl)CC2)c2c(C)cccc12.CCc1cccc2c(C(C)=O)cn(CCCN3CCC(Oc4cccc(Cl)c4)CC3)c12.COc1cccc2c(C(C)=O)cn(CC(C)CN3CCC(Oc4cccc(Cl)c4)CC3)c12.COc1cccc2c(C(C)=O)cn(CCCN3CCN(c4ncc(C(F)(F)F)cc4Cl)CC3)c12. The number of nitrogens with zero attached hydrogens (tertiary/aromatic N) is 12. The van der Waals surface area contributed by atoms with Crippen molar-refractivity contribution in [2.24, 2.45) is 5.92 Å². The van der Waals surface area contributed by atoms with Gasteiger partial charge in [-0.3, -0.25) is 29.0 Å². The molecule has 0 saturated carbocycles. The summed E-state index contributed by atoms with van der Waals surface area (Å²) in [6.45, 7) is 29.8. The summed E-state index contributed by atoms with van der Waals surface area (Å²) >= 11 is 24.3. The van der Waals surface area contributed by atoms with Crippen LogP contribution in [-0.2, 0) is 45.0 Å². The van der Waals surface area contributed by atoms with Gasteiger partial charge in [0.2, 0.25) is 0 Å². The number of para-hydroxylation sites is 4. The number of anilines is 2. The maximum atomic E-state index is 12.9. The number of alkyl halides is 6. The first kappa shape index (κ1) is 97.4. The van der Waals surface area contributed by atoms with Gasteiger partial charge in [-0.15, -0.1) is 0 Å². The molecule has 6 aromatic heterocycles. The Kier molecular flexibility index (Phi) is 33.2. The van der Waals surface area contributed by atoms with E-state index in [1.54, 1.807) is 41.9 Å². The molecule has 16 rings (SSSR count). The molecular weight excluding hydrogens is 1750 g/mol. The van der Waals surface area contributed by atoms with E-state index in [1.165, 1.54) is 11.1 Å². The Hall–Kier alpha value is -10.2. The lowest BCUT2D eigenvalue weighted by Gasteiger charge is -2.35. The fraction of sp³-hybridized carbons (Fsp3) is 0.420. The highest BCUT2D eigenvalue weighted by atomic mass is 35.5. The third-order valence-electron chi connectivity index (χ3n) is 24.7. The summed E-state index contributed by atoms with van der Waals surface area (Å²) in [6, 6.07) is 41.1.